The van der Waals surface area contributed by atoms with Gasteiger partial charge in [0.25, 0.3) is 0 Å². The molecule has 0 radical (unpaired) electrons. The lowest BCUT2D eigenvalue weighted by molar-refractivity contribution is -0.120. The molecule has 2 amide bonds. The quantitative estimate of drug-likeness (QED) is 0.355. The largest absolute Gasteiger partial charge is 0.399 e. The molecule has 1 aromatic rings. The Balaban J connectivity index is 2.20. The van der Waals surface area contributed by atoms with Gasteiger partial charge in [-0.3, -0.25) is 9.59 Å². The van der Waals surface area contributed by atoms with Gasteiger partial charge in [-0.2, -0.15) is 0 Å². The second kappa shape index (κ2) is 7.27. The summed E-state index contributed by atoms with van der Waals surface area (Å²) < 4.78 is 0. The molecule has 92 valence electrons. The molecule has 0 unspecified atom stereocenters. The molecule has 0 atom stereocenters. The van der Waals surface area contributed by atoms with Crippen LogP contribution < -0.4 is 16.4 Å². The first kappa shape index (κ1) is 13.0. The number of amides is 2. The summed E-state index contributed by atoms with van der Waals surface area (Å²) in [5.41, 5.74) is 7.17. The first-order valence-corrected chi connectivity index (χ1v) is 5.50. The van der Waals surface area contributed by atoms with E-state index in [1.165, 1.54) is 0 Å². The van der Waals surface area contributed by atoms with Crippen LogP contribution >= 0.6 is 0 Å². The van der Waals surface area contributed by atoms with Gasteiger partial charge in [0.1, 0.15) is 0 Å². The van der Waals surface area contributed by atoms with E-state index in [1.54, 1.807) is 12.1 Å². The van der Waals surface area contributed by atoms with Crippen molar-refractivity contribution >= 4 is 18.0 Å². The normalized spacial score (nSPS) is 9.65. The summed E-state index contributed by atoms with van der Waals surface area (Å²) in [6.07, 6.45) is 1.73. The number of hydrogen-bond acceptors (Lipinski definition) is 3. The first-order valence-electron chi connectivity index (χ1n) is 5.50. The smallest absolute Gasteiger partial charge is 0.224 e. The highest BCUT2D eigenvalue weighted by Gasteiger charge is 2.02. The van der Waals surface area contributed by atoms with Crippen LogP contribution in [0.25, 0.3) is 0 Å². The Morgan fingerprint density at radius 1 is 1.24 bits per heavy atom. The number of nitrogens with one attached hydrogen (secondary N) is 2. The Kier molecular flexibility index (Phi) is 5.57. The zero-order valence-electron chi connectivity index (χ0n) is 9.61. The molecule has 5 heteroatoms. The minimum Gasteiger partial charge on any atom is -0.399 e. The van der Waals surface area contributed by atoms with Crippen molar-refractivity contribution in [2.45, 2.75) is 12.8 Å². The van der Waals surface area contributed by atoms with Crippen molar-refractivity contribution in [2.75, 3.05) is 18.8 Å². The van der Waals surface area contributed by atoms with Crippen molar-refractivity contribution in [3.63, 3.8) is 0 Å². The number of nitrogens with two attached hydrogens (primary N) is 1. The molecule has 0 aliphatic carbocycles. The summed E-state index contributed by atoms with van der Waals surface area (Å²) in [6, 6.07) is 7.22. The molecule has 0 fully saturated rings. The van der Waals surface area contributed by atoms with Crippen molar-refractivity contribution in [3.8, 4) is 0 Å². The highest BCUT2D eigenvalue weighted by atomic mass is 16.1. The maximum absolute atomic E-state index is 11.5. The fourth-order valence-electron chi connectivity index (χ4n) is 1.36. The summed E-state index contributed by atoms with van der Waals surface area (Å²) in [6.45, 7) is 1.14. The van der Waals surface area contributed by atoms with Gasteiger partial charge in [-0.15, -0.1) is 0 Å². The number of carbonyl (C=O) groups excluding carboxylic acids is 2. The van der Waals surface area contributed by atoms with E-state index < -0.39 is 0 Å². The number of carbonyl (C=O) groups is 2. The minimum absolute atomic E-state index is 0.0270. The third kappa shape index (κ3) is 5.55. The summed E-state index contributed by atoms with van der Waals surface area (Å²) >= 11 is 0. The van der Waals surface area contributed by atoms with Crippen LogP contribution in [0.4, 0.5) is 5.69 Å². The zero-order valence-corrected chi connectivity index (χ0v) is 9.61. The van der Waals surface area contributed by atoms with E-state index in [0.717, 1.165) is 12.0 Å². The van der Waals surface area contributed by atoms with Crippen LogP contribution in [0.2, 0.25) is 0 Å². The van der Waals surface area contributed by atoms with E-state index in [1.807, 2.05) is 12.1 Å². The monoisotopic (exact) mass is 235 g/mol. The molecular weight excluding hydrogens is 218 g/mol. The lowest BCUT2D eigenvalue weighted by atomic mass is 10.1. The molecule has 0 bridgehead atoms. The highest BCUT2D eigenvalue weighted by molar-refractivity contribution is 5.78. The van der Waals surface area contributed by atoms with Gasteiger partial charge in [0.05, 0.1) is 6.42 Å². The lowest BCUT2D eigenvalue weighted by Gasteiger charge is -2.05. The van der Waals surface area contributed by atoms with Crippen LogP contribution in [0, 0.1) is 0 Å². The number of hydrogen-bond donors (Lipinski definition) is 3. The van der Waals surface area contributed by atoms with Crippen molar-refractivity contribution in [1.82, 2.24) is 10.6 Å². The average molecular weight is 235 g/mol. The van der Waals surface area contributed by atoms with Gasteiger partial charge in [-0.25, -0.2) is 0 Å². The van der Waals surface area contributed by atoms with Crippen LogP contribution in [0.5, 0.6) is 0 Å². The standard InChI is InChI=1S/C12H17N3O2/c13-11-4-2-10(3-5-11)8-12(17)15-7-1-6-14-9-16/h2-5,9H,1,6-8,13H2,(H,14,16)(H,15,17). The maximum Gasteiger partial charge on any atom is 0.224 e. The van der Waals surface area contributed by atoms with Gasteiger partial charge >= 0.3 is 0 Å². The van der Waals surface area contributed by atoms with Gasteiger partial charge in [-0.1, -0.05) is 12.1 Å². The van der Waals surface area contributed by atoms with Crippen molar-refractivity contribution in [1.29, 1.82) is 0 Å². The second-order valence-corrected chi connectivity index (χ2v) is 3.69. The fourth-order valence-corrected chi connectivity index (χ4v) is 1.36. The Morgan fingerprint density at radius 2 is 1.94 bits per heavy atom. The lowest BCUT2D eigenvalue weighted by Crippen LogP contribution is -2.28. The van der Waals surface area contributed by atoms with Crippen molar-refractivity contribution in [2.24, 2.45) is 0 Å². The van der Waals surface area contributed by atoms with E-state index in [-0.39, 0.29) is 5.91 Å². The predicted octanol–water partition coefficient (Wildman–Crippen LogP) is 0.0636. The van der Waals surface area contributed by atoms with E-state index in [2.05, 4.69) is 10.6 Å². The number of nitrogen functional groups attached to an aromatic ring is 1. The molecule has 0 aliphatic rings. The fraction of sp³-hybridized carbons (Fsp3) is 0.333. The summed E-state index contributed by atoms with van der Waals surface area (Å²) in [5.74, 6) is -0.0270. The highest BCUT2D eigenvalue weighted by Crippen LogP contribution is 2.05. The summed E-state index contributed by atoms with van der Waals surface area (Å²) in [5, 5.41) is 5.31. The number of benzene rings is 1. The zero-order chi connectivity index (χ0) is 12.5. The Hall–Kier alpha value is -2.04. The topological polar surface area (TPSA) is 84.2 Å². The molecule has 0 aliphatic heterocycles. The van der Waals surface area contributed by atoms with Crippen molar-refractivity contribution in [3.05, 3.63) is 29.8 Å². The second-order valence-electron chi connectivity index (χ2n) is 3.69. The predicted molar refractivity (Wildman–Crippen MR) is 66.3 cm³/mol. The van der Waals surface area contributed by atoms with Crippen LogP contribution in [0.3, 0.4) is 0 Å². The Labute approximate surface area is 100 Å². The van der Waals surface area contributed by atoms with Crippen LogP contribution in [0.1, 0.15) is 12.0 Å². The van der Waals surface area contributed by atoms with Gasteiger partial charge in [0.2, 0.25) is 12.3 Å². The van der Waals surface area contributed by atoms with E-state index >= 15 is 0 Å². The van der Waals surface area contributed by atoms with Crippen LogP contribution in [-0.4, -0.2) is 25.4 Å². The minimum atomic E-state index is -0.0270. The third-order valence-corrected chi connectivity index (χ3v) is 2.25. The Morgan fingerprint density at radius 3 is 2.59 bits per heavy atom. The van der Waals surface area contributed by atoms with Crippen LogP contribution in [0.15, 0.2) is 24.3 Å². The molecule has 1 rings (SSSR count). The Bertz CT molecular complexity index is 363. The molecule has 0 spiro atoms. The van der Waals surface area contributed by atoms with E-state index in [9.17, 15) is 9.59 Å². The molecule has 0 saturated heterocycles. The molecule has 0 heterocycles. The molecule has 17 heavy (non-hydrogen) atoms. The van der Waals surface area contributed by atoms with Gasteiger partial charge < -0.3 is 16.4 Å². The van der Waals surface area contributed by atoms with E-state index in [4.69, 9.17) is 5.73 Å². The van der Waals surface area contributed by atoms with Gasteiger partial charge in [0, 0.05) is 18.8 Å². The van der Waals surface area contributed by atoms with E-state index in [0.29, 0.717) is 31.6 Å². The molecule has 1 aromatic carbocycles. The molecule has 4 N–H and O–H groups in total. The molecule has 0 saturated carbocycles. The SMILES string of the molecule is Nc1ccc(CC(=O)NCCCNC=O)cc1. The molecular formula is C12H17N3O2. The van der Waals surface area contributed by atoms with Gasteiger partial charge in [0.15, 0.2) is 0 Å². The number of rotatable bonds is 7. The van der Waals surface area contributed by atoms with Gasteiger partial charge in [-0.05, 0) is 24.1 Å². The average Bonchev–Trinajstić information content (AvgIpc) is 2.32. The number of anilines is 1. The third-order valence-electron chi connectivity index (χ3n) is 2.25. The summed E-state index contributed by atoms with van der Waals surface area (Å²) in [4.78, 5) is 21.5. The molecule has 0 aromatic heterocycles. The maximum atomic E-state index is 11.5. The van der Waals surface area contributed by atoms with Crippen molar-refractivity contribution < 1.29 is 9.59 Å². The first-order chi connectivity index (χ1) is 8.22. The van der Waals surface area contributed by atoms with Crippen LogP contribution in [-0.2, 0) is 16.0 Å². The summed E-state index contributed by atoms with van der Waals surface area (Å²) in [7, 11) is 0. The molecule has 5 nitrogen and oxygen atoms in total.